The molecule has 0 amide bonds. The van der Waals surface area contributed by atoms with Crippen LogP contribution in [0.2, 0.25) is 0 Å². The predicted molar refractivity (Wildman–Crippen MR) is 208 cm³/mol. The minimum Gasteiger partial charge on any atom is -0.0616 e. The lowest BCUT2D eigenvalue weighted by atomic mass is 9.84. The van der Waals surface area contributed by atoms with Gasteiger partial charge >= 0.3 is 0 Å². The molecule has 0 N–H and O–H groups in total. The average molecular weight is 607 g/mol. The van der Waals surface area contributed by atoms with Gasteiger partial charge in [0.15, 0.2) is 0 Å². The summed E-state index contributed by atoms with van der Waals surface area (Å²) in [6.45, 7) is 0. The van der Waals surface area contributed by atoms with Crippen LogP contribution >= 0.6 is 0 Å². The first-order chi connectivity index (χ1) is 23.8. The lowest BCUT2D eigenvalue weighted by molar-refractivity contribution is 1.63. The smallest absolute Gasteiger partial charge is 0.00201 e. The molecule has 0 saturated heterocycles. The summed E-state index contributed by atoms with van der Waals surface area (Å²) in [7, 11) is 0. The van der Waals surface area contributed by atoms with Gasteiger partial charge in [-0.05, 0) is 110 Å². The van der Waals surface area contributed by atoms with E-state index in [1.54, 1.807) is 0 Å². The van der Waals surface area contributed by atoms with E-state index in [0.717, 1.165) is 0 Å². The summed E-state index contributed by atoms with van der Waals surface area (Å²) >= 11 is 0. The molecule has 0 nitrogen and oxygen atoms in total. The molecular weight excluding hydrogens is 577 g/mol. The highest BCUT2D eigenvalue weighted by Crippen LogP contribution is 2.46. The van der Waals surface area contributed by atoms with Crippen LogP contribution in [0.3, 0.4) is 0 Å². The maximum Gasteiger partial charge on any atom is -0.00201 e. The van der Waals surface area contributed by atoms with Crippen molar-refractivity contribution in [3.8, 4) is 33.4 Å². The van der Waals surface area contributed by atoms with Gasteiger partial charge in [-0.25, -0.2) is 0 Å². The molecule has 0 bridgehead atoms. The van der Waals surface area contributed by atoms with Crippen LogP contribution < -0.4 is 0 Å². The monoisotopic (exact) mass is 606 g/mol. The van der Waals surface area contributed by atoms with Gasteiger partial charge in [0.25, 0.3) is 0 Å². The Morgan fingerprint density at radius 1 is 0.208 bits per heavy atom. The van der Waals surface area contributed by atoms with E-state index in [0.29, 0.717) is 0 Å². The van der Waals surface area contributed by atoms with E-state index in [4.69, 9.17) is 0 Å². The van der Waals surface area contributed by atoms with Crippen molar-refractivity contribution >= 4 is 64.6 Å². The van der Waals surface area contributed by atoms with E-state index in [1.807, 2.05) is 0 Å². The molecule has 10 rings (SSSR count). The molecule has 222 valence electrons. The second-order valence-corrected chi connectivity index (χ2v) is 12.8. The Kier molecular flexibility index (Phi) is 5.98. The van der Waals surface area contributed by atoms with Crippen molar-refractivity contribution in [1.29, 1.82) is 0 Å². The van der Waals surface area contributed by atoms with Gasteiger partial charge in [-0.1, -0.05) is 170 Å². The normalized spacial score (nSPS) is 11.8. The first-order valence-electron chi connectivity index (χ1n) is 16.7. The molecule has 0 saturated carbocycles. The highest BCUT2D eigenvalue weighted by molar-refractivity contribution is 6.25. The third kappa shape index (κ3) is 4.10. The van der Waals surface area contributed by atoms with E-state index >= 15 is 0 Å². The summed E-state index contributed by atoms with van der Waals surface area (Å²) in [5.41, 5.74) is 7.58. The fourth-order valence-electron chi connectivity index (χ4n) is 8.02. The first kappa shape index (κ1) is 26.9. The molecule has 0 aliphatic heterocycles. The van der Waals surface area contributed by atoms with E-state index in [9.17, 15) is 0 Å². The second kappa shape index (κ2) is 10.7. The van der Waals surface area contributed by atoms with Crippen LogP contribution in [0.5, 0.6) is 0 Å². The van der Waals surface area contributed by atoms with E-state index < -0.39 is 0 Å². The molecule has 0 radical (unpaired) electrons. The molecule has 0 fully saturated rings. The molecular formula is C48H30. The van der Waals surface area contributed by atoms with Gasteiger partial charge in [0.2, 0.25) is 0 Å². The third-order valence-corrected chi connectivity index (χ3v) is 10.2. The van der Waals surface area contributed by atoms with Gasteiger partial charge in [-0.2, -0.15) is 0 Å². The number of hydrogen-bond acceptors (Lipinski definition) is 0. The molecule has 0 unspecified atom stereocenters. The number of hydrogen-bond donors (Lipinski definition) is 0. The quantitative estimate of drug-likeness (QED) is 0.139. The van der Waals surface area contributed by atoms with Crippen molar-refractivity contribution in [2.75, 3.05) is 0 Å². The van der Waals surface area contributed by atoms with E-state index in [2.05, 4.69) is 182 Å². The van der Waals surface area contributed by atoms with Gasteiger partial charge in [-0.3, -0.25) is 0 Å². The summed E-state index contributed by atoms with van der Waals surface area (Å²) < 4.78 is 0. The van der Waals surface area contributed by atoms with Crippen molar-refractivity contribution in [2.45, 2.75) is 0 Å². The van der Waals surface area contributed by atoms with Crippen molar-refractivity contribution in [1.82, 2.24) is 0 Å². The Bertz CT molecular complexity index is 2810. The lowest BCUT2D eigenvalue weighted by Gasteiger charge is -2.19. The zero-order valence-corrected chi connectivity index (χ0v) is 26.3. The Hall–Kier alpha value is -6.24. The van der Waals surface area contributed by atoms with Crippen LogP contribution in [-0.2, 0) is 0 Å². The summed E-state index contributed by atoms with van der Waals surface area (Å²) in [4.78, 5) is 0. The summed E-state index contributed by atoms with van der Waals surface area (Å²) in [5.74, 6) is 0. The topological polar surface area (TPSA) is 0 Å². The van der Waals surface area contributed by atoms with Crippen molar-refractivity contribution in [3.05, 3.63) is 182 Å². The Balaban J connectivity index is 1.21. The van der Waals surface area contributed by atoms with Crippen LogP contribution in [0.4, 0.5) is 0 Å². The molecule has 0 heteroatoms. The second-order valence-electron chi connectivity index (χ2n) is 12.8. The van der Waals surface area contributed by atoms with Crippen molar-refractivity contribution < 1.29 is 0 Å². The number of fused-ring (bicyclic) bond motifs is 7. The maximum absolute atomic E-state index is 2.36. The predicted octanol–water partition coefficient (Wildman–Crippen LogP) is 13.6. The van der Waals surface area contributed by atoms with Gasteiger partial charge < -0.3 is 0 Å². The molecule has 0 heterocycles. The Morgan fingerprint density at radius 3 is 1.42 bits per heavy atom. The Morgan fingerprint density at radius 2 is 0.708 bits per heavy atom. The minimum absolute atomic E-state index is 1.23. The highest BCUT2D eigenvalue weighted by atomic mass is 14.2. The first-order valence-corrected chi connectivity index (χ1v) is 16.7. The van der Waals surface area contributed by atoms with E-state index in [-0.39, 0.29) is 0 Å². The lowest BCUT2D eigenvalue weighted by Crippen LogP contribution is -1.92. The molecule has 48 heavy (non-hydrogen) atoms. The fourth-order valence-corrected chi connectivity index (χ4v) is 8.02. The molecule has 0 aliphatic rings. The summed E-state index contributed by atoms with van der Waals surface area (Å²) in [5, 5.41) is 15.3. The van der Waals surface area contributed by atoms with Crippen LogP contribution in [0.25, 0.3) is 98.0 Å². The van der Waals surface area contributed by atoms with Crippen molar-refractivity contribution in [2.24, 2.45) is 0 Å². The number of rotatable bonds is 3. The molecule has 0 aliphatic carbocycles. The molecule has 0 aromatic heterocycles. The van der Waals surface area contributed by atoms with Gasteiger partial charge in [0.05, 0.1) is 0 Å². The highest BCUT2D eigenvalue weighted by Gasteiger charge is 2.18. The zero-order valence-electron chi connectivity index (χ0n) is 26.3. The summed E-state index contributed by atoms with van der Waals surface area (Å²) in [6.07, 6.45) is 0. The van der Waals surface area contributed by atoms with Gasteiger partial charge in [-0.15, -0.1) is 0 Å². The largest absolute Gasteiger partial charge is 0.0616 e. The van der Waals surface area contributed by atoms with Crippen LogP contribution in [-0.4, -0.2) is 0 Å². The average Bonchev–Trinajstić information content (AvgIpc) is 3.16. The fraction of sp³-hybridized carbons (Fsp3) is 0. The maximum atomic E-state index is 2.36. The Labute approximate surface area is 279 Å². The number of benzene rings is 10. The van der Waals surface area contributed by atoms with Crippen LogP contribution in [0, 0.1) is 0 Å². The van der Waals surface area contributed by atoms with Gasteiger partial charge in [0.1, 0.15) is 0 Å². The van der Waals surface area contributed by atoms with E-state index in [1.165, 1.54) is 98.0 Å². The molecule has 10 aromatic rings. The van der Waals surface area contributed by atoms with Crippen molar-refractivity contribution in [3.63, 3.8) is 0 Å². The van der Waals surface area contributed by atoms with Crippen LogP contribution in [0.15, 0.2) is 182 Å². The standard InChI is InChI=1S/C48H30/c1-2-13-35-30-46-36(29-34(35)12-1)27-28-40-39(46)21-10-22-41(40)48-44-18-7-5-16-42(44)47(43-17-6-8-19-45(43)48)33-25-23-32(24-26-33)38-20-9-14-31-11-3-4-15-37(31)38/h1-30H. The SMILES string of the molecule is c1ccc2cc3c(ccc4c(-c5c6ccccc6c(-c6ccc(-c7cccc8ccccc78)cc6)c6ccccc56)cccc43)cc2c1. The molecule has 10 aromatic carbocycles. The zero-order chi connectivity index (χ0) is 31.6. The molecule has 0 spiro atoms. The van der Waals surface area contributed by atoms with Gasteiger partial charge in [0, 0.05) is 0 Å². The summed E-state index contributed by atoms with van der Waals surface area (Å²) in [6, 6.07) is 67.1. The molecule has 0 atom stereocenters. The van der Waals surface area contributed by atoms with Crippen LogP contribution in [0.1, 0.15) is 0 Å². The third-order valence-electron chi connectivity index (χ3n) is 10.2. The minimum atomic E-state index is 1.23.